The Morgan fingerprint density at radius 1 is 1.15 bits per heavy atom. The van der Waals surface area contributed by atoms with Gasteiger partial charge in [-0.2, -0.15) is 0 Å². The molecule has 7 heteroatoms. The van der Waals surface area contributed by atoms with E-state index in [2.05, 4.69) is 10.5 Å². The van der Waals surface area contributed by atoms with E-state index in [-0.39, 0.29) is 0 Å². The monoisotopic (exact) mass is 191 g/mol. The molecule has 13 heavy (non-hydrogen) atoms. The minimum absolute atomic E-state index is 0.558. The van der Waals surface area contributed by atoms with Gasteiger partial charge in [-0.1, -0.05) is 0 Å². The van der Waals surface area contributed by atoms with Crippen molar-refractivity contribution in [1.82, 2.24) is 0 Å². The molecule has 0 aliphatic rings. The number of rotatable bonds is 2. The lowest BCUT2D eigenvalue weighted by atomic mass is 10.5. The lowest BCUT2D eigenvalue weighted by molar-refractivity contribution is -0.134. The molecule has 0 atom stereocenters. The van der Waals surface area contributed by atoms with E-state index in [0.717, 1.165) is 0 Å². The number of hydrogen-bond acceptors (Lipinski definition) is 4. The van der Waals surface area contributed by atoms with Crippen molar-refractivity contribution in [1.29, 1.82) is 0 Å². The van der Waals surface area contributed by atoms with Crippen molar-refractivity contribution in [2.45, 2.75) is 0 Å². The minimum atomic E-state index is -1.26. The SMILES string of the molecule is COC(N)=O.O=C(O)/C=C/C(=O)O. The van der Waals surface area contributed by atoms with E-state index in [1.807, 2.05) is 0 Å². The molecule has 0 unspecified atom stereocenters. The molecule has 0 rings (SSSR count). The first-order chi connectivity index (χ1) is 5.90. The summed E-state index contributed by atoms with van der Waals surface area (Å²) in [6, 6.07) is 0. The van der Waals surface area contributed by atoms with Gasteiger partial charge < -0.3 is 20.7 Å². The Morgan fingerprint density at radius 2 is 1.38 bits per heavy atom. The van der Waals surface area contributed by atoms with Crippen molar-refractivity contribution in [3.63, 3.8) is 0 Å². The first kappa shape index (κ1) is 13.5. The van der Waals surface area contributed by atoms with Gasteiger partial charge in [-0.15, -0.1) is 0 Å². The Balaban J connectivity index is 0. The van der Waals surface area contributed by atoms with Gasteiger partial charge in [0, 0.05) is 12.2 Å². The number of hydrogen-bond donors (Lipinski definition) is 3. The van der Waals surface area contributed by atoms with Crippen LogP contribution in [0.15, 0.2) is 12.2 Å². The first-order valence-electron chi connectivity index (χ1n) is 2.87. The van der Waals surface area contributed by atoms with Crippen molar-refractivity contribution >= 4 is 18.0 Å². The Hall–Kier alpha value is -2.05. The van der Waals surface area contributed by atoms with E-state index < -0.39 is 18.0 Å². The van der Waals surface area contributed by atoms with E-state index in [1.165, 1.54) is 7.11 Å². The second-order valence-corrected chi connectivity index (χ2v) is 1.53. The molecule has 0 radical (unpaired) electrons. The maximum absolute atomic E-state index is 9.55. The van der Waals surface area contributed by atoms with Gasteiger partial charge in [-0.05, 0) is 0 Å². The molecular weight excluding hydrogens is 182 g/mol. The molecule has 0 aliphatic carbocycles. The highest BCUT2D eigenvalue weighted by molar-refractivity contribution is 5.89. The molecular formula is C6H9NO6. The topological polar surface area (TPSA) is 127 Å². The molecule has 0 spiro atoms. The van der Waals surface area contributed by atoms with Crippen molar-refractivity contribution < 1.29 is 29.3 Å². The summed E-state index contributed by atoms with van der Waals surface area (Å²) in [5, 5.41) is 15.6. The standard InChI is InChI=1S/C4H4O4.C2H5NO2/c5-3(6)1-2-4(7)8;1-5-2(3)4/h1-2H,(H,5,6)(H,7,8);1H3,(H2,3,4)/b2-1+;. The number of carboxylic acid groups (broad SMARTS) is 2. The third-order valence-corrected chi connectivity index (χ3v) is 0.570. The number of methoxy groups -OCH3 is 1. The van der Waals surface area contributed by atoms with Gasteiger partial charge >= 0.3 is 18.0 Å². The third-order valence-electron chi connectivity index (χ3n) is 0.570. The fourth-order valence-electron chi connectivity index (χ4n) is 0.143. The van der Waals surface area contributed by atoms with E-state index >= 15 is 0 Å². The Morgan fingerprint density at radius 3 is 1.46 bits per heavy atom. The molecule has 1 amide bonds. The first-order valence-corrected chi connectivity index (χ1v) is 2.87. The van der Waals surface area contributed by atoms with Crippen LogP contribution in [0.25, 0.3) is 0 Å². The number of carboxylic acids is 2. The fourth-order valence-corrected chi connectivity index (χ4v) is 0.143. The van der Waals surface area contributed by atoms with Crippen molar-refractivity contribution in [3.8, 4) is 0 Å². The quantitative estimate of drug-likeness (QED) is 0.501. The predicted octanol–water partition coefficient (Wildman–Crippen LogP) is -0.577. The molecule has 0 aromatic carbocycles. The summed E-state index contributed by atoms with van der Waals surface area (Å²) in [5.41, 5.74) is 4.43. The highest BCUT2D eigenvalue weighted by Gasteiger charge is 1.88. The molecule has 0 aliphatic heterocycles. The highest BCUT2D eigenvalue weighted by Crippen LogP contribution is 1.70. The summed E-state index contributed by atoms with van der Waals surface area (Å²) in [6.07, 6.45) is 0.370. The summed E-state index contributed by atoms with van der Waals surface area (Å²) in [7, 11) is 1.22. The van der Waals surface area contributed by atoms with Gasteiger partial charge in [0.15, 0.2) is 0 Å². The summed E-state index contributed by atoms with van der Waals surface area (Å²) in [6.45, 7) is 0. The minimum Gasteiger partial charge on any atom is -0.478 e. The van der Waals surface area contributed by atoms with Gasteiger partial charge in [-0.3, -0.25) is 0 Å². The zero-order valence-electron chi connectivity index (χ0n) is 6.76. The maximum atomic E-state index is 9.55. The molecule has 0 aromatic rings. The zero-order valence-corrected chi connectivity index (χ0v) is 6.76. The van der Waals surface area contributed by atoms with Crippen molar-refractivity contribution in [3.05, 3.63) is 12.2 Å². The van der Waals surface area contributed by atoms with Crippen LogP contribution in [0.1, 0.15) is 0 Å². The predicted molar refractivity (Wildman–Crippen MR) is 41.0 cm³/mol. The van der Waals surface area contributed by atoms with Gasteiger partial charge in [0.2, 0.25) is 0 Å². The number of primary amides is 1. The lowest BCUT2D eigenvalue weighted by Gasteiger charge is -1.81. The van der Waals surface area contributed by atoms with Crippen LogP contribution < -0.4 is 5.73 Å². The number of carbonyl (C=O) groups excluding carboxylic acids is 1. The number of amides is 1. The maximum Gasteiger partial charge on any atom is 0.404 e. The summed E-state index contributed by atoms with van der Waals surface area (Å²) >= 11 is 0. The average Bonchev–Trinajstić information content (AvgIpc) is 2.02. The van der Waals surface area contributed by atoms with Gasteiger partial charge in [0.25, 0.3) is 0 Å². The third kappa shape index (κ3) is 25.7. The molecule has 74 valence electrons. The summed E-state index contributed by atoms with van der Waals surface area (Å²) in [4.78, 5) is 28.5. The van der Waals surface area contributed by atoms with E-state index in [9.17, 15) is 14.4 Å². The molecule has 0 saturated carbocycles. The Bertz CT molecular complexity index is 205. The van der Waals surface area contributed by atoms with Gasteiger partial charge in [0.05, 0.1) is 7.11 Å². The molecule has 7 nitrogen and oxygen atoms in total. The van der Waals surface area contributed by atoms with E-state index in [1.54, 1.807) is 0 Å². The number of nitrogens with two attached hydrogens (primary N) is 1. The van der Waals surface area contributed by atoms with Crippen LogP contribution in [-0.4, -0.2) is 35.4 Å². The lowest BCUT2D eigenvalue weighted by Crippen LogP contribution is -2.08. The summed E-state index contributed by atoms with van der Waals surface area (Å²) in [5.74, 6) is -2.51. The molecule has 0 heterocycles. The molecule has 0 fully saturated rings. The number of aliphatic carboxylic acids is 2. The Kier molecular flexibility index (Phi) is 8.38. The van der Waals surface area contributed by atoms with Crippen LogP contribution in [0.4, 0.5) is 4.79 Å². The van der Waals surface area contributed by atoms with Crippen LogP contribution in [0.2, 0.25) is 0 Å². The number of ether oxygens (including phenoxy) is 1. The smallest absolute Gasteiger partial charge is 0.404 e. The van der Waals surface area contributed by atoms with Crippen LogP contribution in [0.5, 0.6) is 0 Å². The van der Waals surface area contributed by atoms with Gasteiger partial charge in [-0.25, -0.2) is 14.4 Å². The van der Waals surface area contributed by atoms with Crippen molar-refractivity contribution in [2.24, 2.45) is 5.73 Å². The van der Waals surface area contributed by atoms with Crippen LogP contribution >= 0.6 is 0 Å². The number of carbonyl (C=O) groups is 3. The zero-order chi connectivity index (χ0) is 10.9. The molecule has 4 N–H and O–H groups in total. The fraction of sp³-hybridized carbons (Fsp3) is 0.167. The van der Waals surface area contributed by atoms with Crippen molar-refractivity contribution in [2.75, 3.05) is 7.11 Å². The summed E-state index contributed by atoms with van der Waals surface area (Å²) < 4.78 is 3.89. The molecule has 0 saturated heterocycles. The van der Waals surface area contributed by atoms with Gasteiger partial charge in [0.1, 0.15) is 0 Å². The largest absolute Gasteiger partial charge is 0.478 e. The van der Waals surface area contributed by atoms with Crippen LogP contribution in [0, 0.1) is 0 Å². The second kappa shape index (κ2) is 8.05. The normalized spacial score (nSPS) is 8.38. The average molecular weight is 191 g/mol. The van der Waals surface area contributed by atoms with E-state index in [0.29, 0.717) is 12.2 Å². The molecule has 0 aromatic heterocycles. The molecule has 0 bridgehead atoms. The second-order valence-electron chi connectivity index (χ2n) is 1.53. The Labute approximate surface area is 73.4 Å². The van der Waals surface area contributed by atoms with E-state index in [4.69, 9.17) is 10.2 Å². The van der Waals surface area contributed by atoms with Crippen LogP contribution in [-0.2, 0) is 14.3 Å². The highest BCUT2D eigenvalue weighted by atomic mass is 16.5. The van der Waals surface area contributed by atoms with Crippen LogP contribution in [0.3, 0.4) is 0 Å².